The molecule has 7 nitrogen and oxygen atoms in total. The molecule has 1 spiro atoms. The minimum atomic E-state index is -3.65. The summed E-state index contributed by atoms with van der Waals surface area (Å²) in [6, 6.07) is 10.7. The lowest BCUT2D eigenvalue weighted by atomic mass is 9.88. The number of nitrogens with zero attached hydrogens (tertiary/aromatic N) is 4. The fraction of sp³-hybridized carbons (Fsp3) is 0.368. The quantitative estimate of drug-likeness (QED) is 0.790. The van der Waals surface area contributed by atoms with E-state index in [4.69, 9.17) is 0 Å². The maximum atomic E-state index is 13.4. The van der Waals surface area contributed by atoms with Gasteiger partial charge in [0.15, 0.2) is 0 Å². The van der Waals surface area contributed by atoms with Crippen molar-refractivity contribution in [3.63, 3.8) is 0 Å². The molecule has 2 aliphatic heterocycles. The van der Waals surface area contributed by atoms with E-state index in [0.717, 1.165) is 11.1 Å². The number of fused-ring (bicyclic) bond motifs is 2. The highest BCUT2D eigenvalue weighted by atomic mass is 32.2. The van der Waals surface area contributed by atoms with Gasteiger partial charge in [0.05, 0.1) is 10.4 Å². The number of likely N-dealkylation sites (tertiary alicyclic amines) is 1. The van der Waals surface area contributed by atoms with Gasteiger partial charge in [-0.05, 0) is 29.7 Å². The van der Waals surface area contributed by atoms with E-state index in [1.807, 2.05) is 18.2 Å². The van der Waals surface area contributed by atoms with Crippen LogP contribution in [0.15, 0.2) is 53.7 Å². The summed E-state index contributed by atoms with van der Waals surface area (Å²) in [7, 11) is -0.235. The summed E-state index contributed by atoms with van der Waals surface area (Å²) in [6.07, 6.45) is 3.92. The first kappa shape index (κ1) is 17.9. The standard InChI is InChI=1S/C19H22N4O3S/c1-21(2)18(24)22-11-9-19(14-22)16-7-3-4-8-17(16)27(25,26)23(19)13-15-6-5-10-20-12-15/h3-8,10,12H,9,11,13-14H2,1-2H3. The number of urea groups is 1. The lowest BCUT2D eigenvalue weighted by molar-refractivity contribution is 0.161. The van der Waals surface area contributed by atoms with Gasteiger partial charge in [-0.15, -0.1) is 0 Å². The lowest BCUT2D eigenvalue weighted by Crippen LogP contribution is -2.47. The highest BCUT2D eigenvalue weighted by Crippen LogP contribution is 2.50. The van der Waals surface area contributed by atoms with Crippen LogP contribution < -0.4 is 0 Å². The highest BCUT2D eigenvalue weighted by molar-refractivity contribution is 7.89. The van der Waals surface area contributed by atoms with Crippen LogP contribution in [0.2, 0.25) is 0 Å². The Hall–Kier alpha value is -2.45. The molecule has 1 aromatic heterocycles. The Labute approximate surface area is 159 Å². The van der Waals surface area contributed by atoms with Crippen molar-refractivity contribution in [2.24, 2.45) is 0 Å². The van der Waals surface area contributed by atoms with Crippen LogP contribution in [0.3, 0.4) is 0 Å². The molecule has 27 heavy (non-hydrogen) atoms. The number of sulfonamides is 1. The van der Waals surface area contributed by atoms with Crippen molar-refractivity contribution in [2.75, 3.05) is 27.2 Å². The average Bonchev–Trinajstić information content (AvgIpc) is 3.18. The molecule has 1 fully saturated rings. The predicted molar refractivity (Wildman–Crippen MR) is 100 cm³/mol. The highest BCUT2D eigenvalue weighted by Gasteiger charge is 2.57. The number of carbonyl (C=O) groups is 1. The van der Waals surface area contributed by atoms with Crippen molar-refractivity contribution in [3.8, 4) is 0 Å². The Balaban J connectivity index is 1.80. The molecule has 1 aromatic carbocycles. The first-order valence-electron chi connectivity index (χ1n) is 8.84. The number of aromatic nitrogens is 1. The number of pyridine rings is 1. The van der Waals surface area contributed by atoms with Crippen LogP contribution in [0.5, 0.6) is 0 Å². The number of amides is 2. The number of rotatable bonds is 2. The first-order chi connectivity index (χ1) is 12.9. The third-order valence-corrected chi connectivity index (χ3v) is 7.35. The third kappa shape index (κ3) is 2.71. The van der Waals surface area contributed by atoms with Crippen LogP contribution >= 0.6 is 0 Å². The lowest BCUT2D eigenvalue weighted by Gasteiger charge is -2.34. The van der Waals surface area contributed by atoms with Crippen molar-refractivity contribution in [1.82, 2.24) is 19.1 Å². The van der Waals surface area contributed by atoms with E-state index in [1.165, 1.54) is 4.90 Å². The number of hydrogen-bond acceptors (Lipinski definition) is 4. The fourth-order valence-corrected chi connectivity index (χ4v) is 6.17. The topological polar surface area (TPSA) is 73.8 Å². The number of hydrogen-bond donors (Lipinski definition) is 0. The van der Waals surface area contributed by atoms with Crippen LogP contribution in [0, 0.1) is 0 Å². The third-order valence-electron chi connectivity index (χ3n) is 5.38. The molecule has 0 aliphatic carbocycles. The molecule has 1 unspecified atom stereocenters. The Morgan fingerprint density at radius 1 is 1.22 bits per heavy atom. The van der Waals surface area contributed by atoms with E-state index in [2.05, 4.69) is 4.98 Å². The van der Waals surface area contributed by atoms with Crippen molar-refractivity contribution >= 4 is 16.1 Å². The molecule has 2 aromatic rings. The second kappa shape index (κ2) is 6.31. The minimum Gasteiger partial charge on any atom is -0.331 e. The van der Waals surface area contributed by atoms with Gasteiger partial charge in [-0.1, -0.05) is 24.3 Å². The Bertz CT molecular complexity index is 977. The summed E-state index contributed by atoms with van der Waals surface area (Å²) in [4.78, 5) is 20.2. The van der Waals surface area contributed by atoms with Gasteiger partial charge in [-0.3, -0.25) is 4.98 Å². The maximum Gasteiger partial charge on any atom is 0.319 e. The van der Waals surface area contributed by atoms with Gasteiger partial charge >= 0.3 is 6.03 Å². The molecule has 3 heterocycles. The molecule has 4 rings (SSSR count). The van der Waals surface area contributed by atoms with Gasteiger partial charge in [0.2, 0.25) is 10.0 Å². The van der Waals surface area contributed by atoms with Crippen molar-refractivity contribution in [3.05, 3.63) is 59.9 Å². The molecule has 0 saturated carbocycles. The molecule has 0 N–H and O–H groups in total. The zero-order valence-electron chi connectivity index (χ0n) is 15.4. The van der Waals surface area contributed by atoms with E-state index in [0.29, 0.717) is 24.4 Å². The summed E-state index contributed by atoms with van der Waals surface area (Å²) in [5.41, 5.74) is 0.866. The van der Waals surface area contributed by atoms with E-state index in [9.17, 15) is 13.2 Å². The smallest absolute Gasteiger partial charge is 0.319 e. The van der Waals surface area contributed by atoms with Gasteiger partial charge in [0.1, 0.15) is 0 Å². The second-order valence-corrected chi connectivity index (χ2v) is 9.08. The Morgan fingerprint density at radius 2 is 2.00 bits per heavy atom. The molecule has 2 aliphatic rings. The van der Waals surface area contributed by atoms with Crippen LogP contribution in [0.1, 0.15) is 17.5 Å². The maximum absolute atomic E-state index is 13.4. The van der Waals surface area contributed by atoms with Crippen molar-refractivity contribution in [2.45, 2.75) is 23.4 Å². The normalized spacial score (nSPS) is 23.6. The summed E-state index contributed by atoms with van der Waals surface area (Å²) in [5.74, 6) is 0. The molecule has 2 amide bonds. The molecule has 8 heteroatoms. The molecule has 0 bridgehead atoms. The van der Waals surface area contributed by atoms with E-state index < -0.39 is 15.6 Å². The first-order valence-corrected chi connectivity index (χ1v) is 10.3. The van der Waals surface area contributed by atoms with Gasteiger partial charge < -0.3 is 9.80 Å². The van der Waals surface area contributed by atoms with Crippen LogP contribution in [-0.2, 0) is 22.1 Å². The van der Waals surface area contributed by atoms with Crippen molar-refractivity contribution in [1.29, 1.82) is 0 Å². The predicted octanol–water partition coefficient (Wildman–Crippen LogP) is 1.87. The summed E-state index contributed by atoms with van der Waals surface area (Å²) < 4.78 is 28.3. The largest absolute Gasteiger partial charge is 0.331 e. The summed E-state index contributed by atoms with van der Waals surface area (Å²) in [5, 5.41) is 0. The second-order valence-electron chi connectivity index (χ2n) is 7.25. The van der Waals surface area contributed by atoms with E-state index >= 15 is 0 Å². The molecule has 1 atom stereocenters. The van der Waals surface area contributed by atoms with Gasteiger partial charge in [0, 0.05) is 46.1 Å². The van der Waals surface area contributed by atoms with E-state index in [-0.39, 0.29) is 12.6 Å². The number of benzene rings is 1. The molecular formula is C19H22N4O3S. The molecular weight excluding hydrogens is 364 g/mol. The average molecular weight is 386 g/mol. The zero-order chi connectivity index (χ0) is 19.2. The summed E-state index contributed by atoms with van der Waals surface area (Å²) >= 11 is 0. The molecule has 1 saturated heterocycles. The Morgan fingerprint density at radius 3 is 2.70 bits per heavy atom. The molecule has 0 radical (unpaired) electrons. The Kier molecular flexibility index (Phi) is 4.20. The van der Waals surface area contributed by atoms with Gasteiger partial charge in [-0.25, -0.2) is 13.2 Å². The van der Waals surface area contributed by atoms with Crippen LogP contribution in [-0.4, -0.2) is 60.7 Å². The fourth-order valence-electron chi connectivity index (χ4n) is 4.12. The monoisotopic (exact) mass is 386 g/mol. The van der Waals surface area contributed by atoms with E-state index in [1.54, 1.807) is 53.9 Å². The van der Waals surface area contributed by atoms with Crippen molar-refractivity contribution < 1.29 is 13.2 Å². The SMILES string of the molecule is CN(C)C(=O)N1CCC2(C1)c1ccccc1S(=O)(=O)N2Cc1cccnc1. The summed E-state index contributed by atoms with van der Waals surface area (Å²) in [6.45, 7) is 1.10. The molecule has 142 valence electrons. The number of carbonyl (C=O) groups excluding carboxylic acids is 1. The van der Waals surface area contributed by atoms with Crippen LogP contribution in [0.4, 0.5) is 4.79 Å². The van der Waals surface area contributed by atoms with Gasteiger partial charge in [0.25, 0.3) is 0 Å². The minimum absolute atomic E-state index is 0.102. The van der Waals surface area contributed by atoms with Crippen LogP contribution in [0.25, 0.3) is 0 Å². The van der Waals surface area contributed by atoms with Gasteiger partial charge in [-0.2, -0.15) is 4.31 Å². The zero-order valence-corrected chi connectivity index (χ0v) is 16.2.